The summed E-state index contributed by atoms with van der Waals surface area (Å²) in [7, 11) is 0. The number of esters is 1. The molecule has 5 aliphatic carbocycles. The SMILES string of the molecule is CC[C@H](CC[C@@H](C)[C@H]1CC[C@H]2[C@@H]3CC=C4C[C@@H](O[C@H]5OC(=O)[C@H]6[C@@H](CC[C@@H]6C)[C@@H]5C)CC[C@]4(C)[C@H]3CC[C@]12C)C(C)C. The van der Waals surface area contributed by atoms with E-state index in [2.05, 4.69) is 61.5 Å². The third kappa shape index (κ3) is 5.16. The van der Waals surface area contributed by atoms with E-state index in [1.165, 1.54) is 57.8 Å². The molecule has 1 saturated heterocycles. The van der Waals surface area contributed by atoms with Gasteiger partial charge in [0.05, 0.1) is 12.0 Å². The second kappa shape index (κ2) is 11.8. The zero-order valence-electron chi connectivity index (χ0n) is 28.5. The van der Waals surface area contributed by atoms with Gasteiger partial charge in [0.2, 0.25) is 6.29 Å². The molecule has 0 N–H and O–H groups in total. The van der Waals surface area contributed by atoms with Gasteiger partial charge in [0.15, 0.2) is 0 Å². The molecule has 6 aliphatic rings. The number of fused-ring (bicyclic) bond motifs is 6. The maximum atomic E-state index is 12.9. The molecule has 6 rings (SSSR count). The van der Waals surface area contributed by atoms with Gasteiger partial charge in [-0.25, -0.2) is 0 Å². The fourth-order valence-corrected chi connectivity index (χ4v) is 12.5. The van der Waals surface area contributed by atoms with E-state index in [4.69, 9.17) is 9.47 Å². The highest BCUT2D eigenvalue weighted by Crippen LogP contribution is 2.67. The quantitative estimate of drug-likeness (QED) is 0.212. The van der Waals surface area contributed by atoms with Gasteiger partial charge < -0.3 is 9.47 Å². The van der Waals surface area contributed by atoms with Crippen molar-refractivity contribution < 1.29 is 14.3 Å². The molecule has 14 atom stereocenters. The van der Waals surface area contributed by atoms with Crippen molar-refractivity contribution in [3.63, 3.8) is 0 Å². The van der Waals surface area contributed by atoms with Crippen LogP contribution in [0.5, 0.6) is 0 Å². The van der Waals surface area contributed by atoms with Gasteiger partial charge in [0, 0.05) is 5.92 Å². The van der Waals surface area contributed by atoms with Crippen LogP contribution in [0.4, 0.5) is 0 Å². The molecule has 3 heteroatoms. The lowest BCUT2D eigenvalue weighted by atomic mass is 9.47. The summed E-state index contributed by atoms with van der Waals surface area (Å²) in [5.74, 6) is 7.40. The maximum absolute atomic E-state index is 12.9. The fraction of sp³-hybridized carbons (Fsp3) is 0.923. The minimum atomic E-state index is -0.351. The number of hydrogen-bond donors (Lipinski definition) is 0. The number of carbonyl (C=O) groups is 1. The number of carbonyl (C=O) groups excluding carboxylic acids is 1. The van der Waals surface area contributed by atoms with Gasteiger partial charge in [-0.15, -0.1) is 0 Å². The van der Waals surface area contributed by atoms with Crippen molar-refractivity contribution in [2.75, 3.05) is 0 Å². The monoisotopic (exact) mass is 580 g/mol. The van der Waals surface area contributed by atoms with Crippen molar-refractivity contribution >= 4 is 5.97 Å². The van der Waals surface area contributed by atoms with Crippen molar-refractivity contribution in [3.8, 4) is 0 Å². The van der Waals surface area contributed by atoms with E-state index in [9.17, 15) is 4.79 Å². The molecular weight excluding hydrogens is 516 g/mol. The lowest BCUT2D eigenvalue weighted by Gasteiger charge is -2.58. The highest BCUT2D eigenvalue weighted by molar-refractivity contribution is 5.74. The molecule has 0 aromatic rings. The highest BCUT2D eigenvalue weighted by atomic mass is 16.7. The molecule has 5 fully saturated rings. The first kappa shape index (κ1) is 31.2. The third-order valence-corrected chi connectivity index (χ3v) is 15.2. The van der Waals surface area contributed by atoms with Gasteiger partial charge in [0.1, 0.15) is 0 Å². The third-order valence-electron chi connectivity index (χ3n) is 15.2. The predicted octanol–water partition coefficient (Wildman–Crippen LogP) is 10.2. The van der Waals surface area contributed by atoms with Crippen LogP contribution in [-0.4, -0.2) is 18.4 Å². The second-order valence-electron chi connectivity index (χ2n) is 17.4. The first-order valence-corrected chi connectivity index (χ1v) is 18.5. The topological polar surface area (TPSA) is 35.5 Å². The minimum Gasteiger partial charge on any atom is -0.435 e. The lowest BCUT2D eigenvalue weighted by molar-refractivity contribution is -0.235. The van der Waals surface area contributed by atoms with Crippen LogP contribution in [0.15, 0.2) is 11.6 Å². The lowest BCUT2D eigenvalue weighted by Crippen LogP contribution is -2.51. The average molecular weight is 581 g/mol. The van der Waals surface area contributed by atoms with E-state index >= 15 is 0 Å². The Morgan fingerprint density at radius 3 is 2.48 bits per heavy atom. The van der Waals surface area contributed by atoms with Crippen molar-refractivity contribution in [3.05, 3.63) is 11.6 Å². The van der Waals surface area contributed by atoms with Gasteiger partial charge in [-0.2, -0.15) is 0 Å². The number of allylic oxidation sites excluding steroid dienone is 1. The van der Waals surface area contributed by atoms with Crippen LogP contribution in [0.3, 0.4) is 0 Å². The van der Waals surface area contributed by atoms with Crippen LogP contribution in [0.1, 0.15) is 139 Å². The van der Waals surface area contributed by atoms with E-state index in [1.807, 2.05) is 0 Å². The van der Waals surface area contributed by atoms with E-state index in [0.29, 0.717) is 28.6 Å². The predicted molar refractivity (Wildman–Crippen MR) is 172 cm³/mol. The van der Waals surface area contributed by atoms with Crippen molar-refractivity contribution in [2.24, 2.45) is 75.9 Å². The number of ether oxygens (including phenoxy) is 2. The zero-order valence-corrected chi connectivity index (χ0v) is 28.5. The summed E-state index contributed by atoms with van der Waals surface area (Å²) in [5, 5.41) is 0. The molecule has 0 amide bonds. The molecule has 238 valence electrons. The molecule has 0 bridgehead atoms. The molecule has 3 nitrogen and oxygen atoms in total. The molecule has 1 heterocycles. The Bertz CT molecular complexity index is 1020. The Morgan fingerprint density at radius 1 is 0.952 bits per heavy atom. The summed E-state index contributed by atoms with van der Waals surface area (Å²) in [4.78, 5) is 12.9. The summed E-state index contributed by atoms with van der Waals surface area (Å²) < 4.78 is 12.7. The number of cyclic esters (lactones) is 1. The van der Waals surface area contributed by atoms with Gasteiger partial charge in [-0.1, -0.05) is 79.9 Å². The molecule has 0 aromatic heterocycles. The van der Waals surface area contributed by atoms with E-state index in [1.54, 1.807) is 5.57 Å². The molecule has 42 heavy (non-hydrogen) atoms. The highest BCUT2D eigenvalue weighted by Gasteiger charge is 2.59. The number of rotatable bonds is 8. The fourth-order valence-electron chi connectivity index (χ4n) is 12.5. The van der Waals surface area contributed by atoms with Gasteiger partial charge >= 0.3 is 5.97 Å². The maximum Gasteiger partial charge on any atom is 0.311 e. The summed E-state index contributed by atoms with van der Waals surface area (Å²) in [6.45, 7) is 19.7. The molecule has 0 unspecified atom stereocenters. The number of hydrogen-bond acceptors (Lipinski definition) is 3. The van der Waals surface area contributed by atoms with E-state index in [0.717, 1.165) is 67.1 Å². The largest absolute Gasteiger partial charge is 0.435 e. The van der Waals surface area contributed by atoms with Crippen LogP contribution >= 0.6 is 0 Å². The summed E-state index contributed by atoms with van der Waals surface area (Å²) >= 11 is 0. The van der Waals surface area contributed by atoms with Crippen LogP contribution in [0.25, 0.3) is 0 Å². The normalized spacial score (nSPS) is 48.0. The van der Waals surface area contributed by atoms with E-state index in [-0.39, 0.29) is 24.3 Å². The summed E-state index contributed by atoms with van der Waals surface area (Å²) in [6.07, 6.45) is 19.5. The van der Waals surface area contributed by atoms with E-state index < -0.39 is 0 Å². The summed E-state index contributed by atoms with van der Waals surface area (Å²) in [6, 6.07) is 0. The Hall–Kier alpha value is -0.830. The van der Waals surface area contributed by atoms with Crippen molar-refractivity contribution in [1.82, 2.24) is 0 Å². The molecule has 0 spiro atoms. The van der Waals surface area contributed by atoms with Crippen molar-refractivity contribution in [2.45, 2.75) is 151 Å². The smallest absolute Gasteiger partial charge is 0.311 e. The van der Waals surface area contributed by atoms with Gasteiger partial charge in [0.25, 0.3) is 0 Å². The van der Waals surface area contributed by atoms with Crippen LogP contribution in [-0.2, 0) is 14.3 Å². The van der Waals surface area contributed by atoms with Crippen LogP contribution < -0.4 is 0 Å². The first-order chi connectivity index (χ1) is 20.0. The zero-order chi connectivity index (χ0) is 30.0. The molecule has 0 radical (unpaired) electrons. The average Bonchev–Trinajstić information content (AvgIpc) is 3.52. The van der Waals surface area contributed by atoms with Gasteiger partial charge in [-0.05, 0) is 135 Å². The Labute approximate surface area is 258 Å². The Kier molecular flexibility index (Phi) is 8.78. The summed E-state index contributed by atoms with van der Waals surface area (Å²) in [5.41, 5.74) is 2.55. The molecular formula is C39H64O3. The molecule has 1 aliphatic heterocycles. The van der Waals surface area contributed by atoms with Crippen LogP contribution in [0.2, 0.25) is 0 Å². The van der Waals surface area contributed by atoms with Crippen LogP contribution in [0, 0.1) is 75.9 Å². The standard InChI is InChI=1S/C39H64O3/c1-9-27(23(2)3)12-10-24(4)32-16-17-33-31-15-13-28-22-29(18-20-38(28,7)34(31)19-21-39(32,33)8)41-37-26(6)30-14-11-25(5)35(30)36(40)42-37/h13,23-27,29-35,37H,9-12,14-22H2,1-8H3/t24-,25+,26+,27-,29+,30+,31+,32-,33+,34+,35-,37+,38+,39-/m1/s1. The minimum absolute atomic E-state index is 0.00742. The Balaban J connectivity index is 1.10. The molecule has 4 saturated carbocycles. The Morgan fingerprint density at radius 2 is 1.74 bits per heavy atom. The van der Waals surface area contributed by atoms with Gasteiger partial charge in [-0.3, -0.25) is 4.79 Å². The first-order valence-electron chi connectivity index (χ1n) is 18.5. The van der Waals surface area contributed by atoms with Crippen molar-refractivity contribution in [1.29, 1.82) is 0 Å². The second-order valence-corrected chi connectivity index (χ2v) is 17.4. The molecule has 0 aromatic carbocycles.